The van der Waals surface area contributed by atoms with Gasteiger partial charge in [0.2, 0.25) is 0 Å². The van der Waals surface area contributed by atoms with Crippen LogP contribution in [0.5, 0.6) is 0 Å². The van der Waals surface area contributed by atoms with E-state index in [9.17, 15) is 0 Å². The molecule has 1 rings (SSSR count). The summed E-state index contributed by atoms with van der Waals surface area (Å²) in [6, 6.07) is 0.606. The standard InChI is InChI=1S/C9H19NO/c1-9(2,3)11-7-8-5-4-6-10-8/h8,10H,4-7H2,1-3H3/t8-/m0/s1. The molecule has 1 atom stereocenters. The topological polar surface area (TPSA) is 21.3 Å². The Morgan fingerprint density at radius 1 is 1.45 bits per heavy atom. The van der Waals surface area contributed by atoms with Crippen molar-refractivity contribution in [1.82, 2.24) is 5.32 Å². The zero-order chi connectivity index (χ0) is 8.32. The highest BCUT2D eigenvalue weighted by Crippen LogP contribution is 2.11. The summed E-state index contributed by atoms with van der Waals surface area (Å²) in [4.78, 5) is 0. The van der Waals surface area contributed by atoms with Gasteiger partial charge in [-0.15, -0.1) is 0 Å². The minimum Gasteiger partial charge on any atom is -0.374 e. The van der Waals surface area contributed by atoms with Crippen LogP contribution in [0.25, 0.3) is 0 Å². The predicted octanol–water partition coefficient (Wildman–Crippen LogP) is 1.55. The van der Waals surface area contributed by atoms with Gasteiger partial charge < -0.3 is 10.1 Å². The summed E-state index contributed by atoms with van der Waals surface area (Å²) in [7, 11) is 0. The van der Waals surface area contributed by atoms with Crippen LogP contribution in [-0.2, 0) is 4.74 Å². The molecule has 0 aromatic carbocycles. The SMILES string of the molecule is CC(C)(C)OC[C@@H]1CCCN1. The molecule has 0 unspecified atom stereocenters. The first-order chi connectivity index (χ1) is 5.08. The van der Waals surface area contributed by atoms with E-state index in [0.29, 0.717) is 6.04 Å². The van der Waals surface area contributed by atoms with Gasteiger partial charge in [0.25, 0.3) is 0 Å². The molecule has 2 nitrogen and oxygen atoms in total. The second-order valence-electron chi connectivity index (χ2n) is 4.22. The van der Waals surface area contributed by atoms with E-state index in [1.54, 1.807) is 0 Å². The van der Waals surface area contributed by atoms with Crippen LogP contribution in [-0.4, -0.2) is 24.8 Å². The molecule has 0 aliphatic carbocycles. The minimum atomic E-state index is 0.0181. The molecule has 1 N–H and O–H groups in total. The van der Waals surface area contributed by atoms with E-state index >= 15 is 0 Å². The monoisotopic (exact) mass is 157 g/mol. The predicted molar refractivity (Wildman–Crippen MR) is 46.7 cm³/mol. The van der Waals surface area contributed by atoms with Gasteiger partial charge in [0.1, 0.15) is 0 Å². The Hall–Kier alpha value is -0.0800. The van der Waals surface area contributed by atoms with Gasteiger partial charge in [0, 0.05) is 6.04 Å². The minimum absolute atomic E-state index is 0.0181. The van der Waals surface area contributed by atoms with E-state index in [-0.39, 0.29) is 5.60 Å². The van der Waals surface area contributed by atoms with Crippen LogP contribution in [0.2, 0.25) is 0 Å². The Balaban J connectivity index is 2.11. The smallest absolute Gasteiger partial charge is 0.0626 e. The second-order valence-corrected chi connectivity index (χ2v) is 4.22. The molecule has 2 heteroatoms. The van der Waals surface area contributed by atoms with E-state index in [4.69, 9.17) is 4.74 Å². The van der Waals surface area contributed by atoms with Gasteiger partial charge >= 0.3 is 0 Å². The highest BCUT2D eigenvalue weighted by molar-refractivity contribution is 4.74. The second kappa shape index (κ2) is 3.55. The Morgan fingerprint density at radius 3 is 2.64 bits per heavy atom. The lowest BCUT2D eigenvalue weighted by molar-refractivity contribution is -0.0121. The van der Waals surface area contributed by atoms with Crippen molar-refractivity contribution >= 4 is 0 Å². The van der Waals surface area contributed by atoms with Gasteiger partial charge in [-0.05, 0) is 40.2 Å². The van der Waals surface area contributed by atoms with Crippen LogP contribution < -0.4 is 5.32 Å². The molecule has 1 saturated heterocycles. The number of ether oxygens (including phenoxy) is 1. The van der Waals surface area contributed by atoms with Crippen molar-refractivity contribution < 1.29 is 4.74 Å². The van der Waals surface area contributed by atoms with E-state index < -0.39 is 0 Å². The molecule has 1 heterocycles. The molecule has 1 fully saturated rings. The van der Waals surface area contributed by atoms with Crippen molar-refractivity contribution in [3.8, 4) is 0 Å². The molecule has 0 aromatic heterocycles. The Bertz CT molecular complexity index is 111. The Morgan fingerprint density at radius 2 is 2.18 bits per heavy atom. The maximum atomic E-state index is 5.65. The molecule has 1 aliphatic rings. The fourth-order valence-corrected chi connectivity index (χ4v) is 1.25. The normalized spacial score (nSPS) is 25.9. The van der Waals surface area contributed by atoms with Crippen molar-refractivity contribution in [1.29, 1.82) is 0 Å². The summed E-state index contributed by atoms with van der Waals surface area (Å²) >= 11 is 0. The van der Waals surface area contributed by atoms with Gasteiger partial charge in [-0.2, -0.15) is 0 Å². The number of rotatable bonds is 2. The number of nitrogens with one attached hydrogen (secondary N) is 1. The summed E-state index contributed by atoms with van der Waals surface area (Å²) < 4.78 is 5.65. The molecule has 0 bridgehead atoms. The lowest BCUT2D eigenvalue weighted by Gasteiger charge is -2.22. The molecule has 66 valence electrons. The third kappa shape index (κ3) is 3.73. The average molecular weight is 157 g/mol. The van der Waals surface area contributed by atoms with Gasteiger partial charge in [0.15, 0.2) is 0 Å². The molecule has 0 radical (unpaired) electrons. The van der Waals surface area contributed by atoms with Crippen molar-refractivity contribution in [3.63, 3.8) is 0 Å². The van der Waals surface area contributed by atoms with E-state index in [1.807, 2.05) is 0 Å². The largest absolute Gasteiger partial charge is 0.374 e. The van der Waals surface area contributed by atoms with Crippen LogP contribution in [0.15, 0.2) is 0 Å². The zero-order valence-corrected chi connectivity index (χ0v) is 7.81. The van der Waals surface area contributed by atoms with E-state index in [2.05, 4.69) is 26.1 Å². The molecule has 0 saturated carbocycles. The summed E-state index contributed by atoms with van der Waals surface area (Å²) in [6.07, 6.45) is 2.58. The van der Waals surface area contributed by atoms with Gasteiger partial charge in [0.05, 0.1) is 12.2 Å². The third-order valence-electron chi connectivity index (χ3n) is 1.88. The highest BCUT2D eigenvalue weighted by Gasteiger charge is 2.17. The van der Waals surface area contributed by atoms with Crippen LogP contribution in [0.3, 0.4) is 0 Å². The zero-order valence-electron chi connectivity index (χ0n) is 7.81. The number of hydrogen-bond donors (Lipinski definition) is 1. The first-order valence-corrected chi connectivity index (χ1v) is 4.45. The van der Waals surface area contributed by atoms with Crippen LogP contribution in [0.4, 0.5) is 0 Å². The maximum Gasteiger partial charge on any atom is 0.0626 e. The molecule has 0 spiro atoms. The van der Waals surface area contributed by atoms with Crippen LogP contribution >= 0.6 is 0 Å². The highest BCUT2D eigenvalue weighted by atomic mass is 16.5. The van der Waals surface area contributed by atoms with E-state index in [1.165, 1.54) is 12.8 Å². The molecular weight excluding hydrogens is 138 g/mol. The fourth-order valence-electron chi connectivity index (χ4n) is 1.25. The molecule has 11 heavy (non-hydrogen) atoms. The number of hydrogen-bond acceptors (Lipinski definition) is 2. The third-order valence-corrected chi connectivity index (χ3v) is 1.88. The van der Waals surface area contributed by atoms with Gasteiger partial charge in [-0.3, -0.25) is 0 Å². The summed E-state index contributed by atoms with van der Waals surface area (Å²) in [5, 5.41) is 3.40. The van der Waals surface area contributed by atoms with Crippen molar-refractivity contribution in [2.45, 2.75) is 45.3 Å². The molecule has 0 amide bonds. The van der Waals surface area contributed by atoms with Crippen LogP contribution in [0.1, 0.15) is 33.6 Å². The van der Waals surface area contributed by atoms with E-state index in [0.717, 1.165) is 13.2 Å². The molecule has 1 aliphatic heterocycles. The lowest BCUT2D eigenvalue weighted by atomic mass is 10.2. The van der Waals surface area contributed by atoms with Gasteiger partial charge in [-0.25, -0.2) is 0 Å². The Kier molecular flexibility index (Phi) is 2.90. The van der Waals surface area contributed by atoms with Crippen molar-refractivity contribution in [2.75, 3.05) is 13.2 Å². The lowest BCUT2D eigenvalue weighted by Crippen LogP contribution is -2.31. The quantitative estimate of drug-likeness (QED) is 0.656. The summed E-state index contributed by atoms with van der Waals surface area (Å²) in [5.41, 5.74) is 0.0181. The van der Waals surface area contributed by atoms with Crippen LogP contribution in [0, 0.1) is 0 Å². The maximum absolute atomic E-state index is 5.65. The molecule has 0 aromatic rings. The van der Waals surface area contributed by atoms with Crippen molar-refractivity contribution in [3.05, 3.63) is 0 Å². The first-order valence-electron chi connectivity index (χ1n) is 4.45. The Labute approximate surface area is 69.3 Å². The first kappa shape index (κ1) is 9.01. The fraction of sp³-hybridized carbons (Fsp3) is 1.00. The van der Waals surface area contributed by atoms with Gasteiger partial charge in [-0.1, -0.05) is 0 Å². The molecular formula is C9H19NO. The van der Waals surface area contributed by atoms with Crippen molar-refractivity contribution in [2.24, 2.45) is 0 Å². The summed E-state index contributed by atoms with van der Waals surface area (Å²) in [6.45, 7) is 8.33. The summed E-state index contributed by atoms with van der Waals surface area (Å²) in [5.74, 6) is 0. The average Bonchev–Trinajstić information content (AvgIpc) is 2.32.